The highest BCUT2D eigenvalue weighted by atomic mass is 32.1. The average Bonchev–Trinajstić information content (AvgIpc) is 3.11. The fourth-order valence-corrected chi connectivity index (χ4v) is 3.91. The van der Waals surface area contributed by atoms with E-state index in [1.54, 1.807) is 49.7 Å². The molecule has 1 N–H and O–H groups in total. The molecule has 7 heteroatoms. The summed E-state index contributed by atoms with van der Waals surface area (Å²) in [5.74, 6) is -1.08. The topological polar surface area (TPSA) is 84.6 Å². The number of rotatable bonds is 4. The minimum absolute atomic E-state index is 0.0867. The first-order chi connectivity index (χ1) is 13.6. The second-order valence-corrected chi connectivity index (χ2v) is 7.09. The molecule has 28 heavy (non-hydrogen) atoms. The minimum atomic E-state index is -1.08. The van der Waals surface area contributed by atoms with Gasteiger partial charge in [-0.2, -0.15) is 0 Å². The lowest BCUT2D eigenvalue weighted by Gasteiger charge is -2.05. The van der Waals surface area contributed by atoms with E-state index in [0.717, 1.165) is 16.9 Å². The van der Waals surface area contributed by atoms with Gasteiger partial charge in [-0.15, -0.1) is 0 Å². The molecule has 6 nitrogen and oxygen atoms in total. The molecule has 0 aliphatic heterocycles. The van der Waals surface area contributed by atoms with E-state index in [-0.39, 0.29) is 10.4 Å². The lowest BCUT2D eigenvalue weighted by molar-refractivity contribution is 0.0702. The van der Waals surface area contributed by atoms with Gasteiger partial charge in [0.2, 0.25) is 0 Å². The van der Waals surface area contributed by atoms with Gasteiger partial charge in [-0.25, -0.2) is 14.2 Å². The van der Waals surface area contributed by atoms with Crippen LogP contribution in [0.2, 0.25) is 0 Å². The molecule has 0 aliphatic carbocycles. The van der Waals surface area contributed by atoms with E-state index in [0.29, 0.717) is 27.5 Å². The molecule has 4 rings (SSSR count). The monoisotopic (exact) mass is 389 g/mol. The number of benzene rings is 1. The van der Waals surface area contributed by atoms with Gasteiger partial charge < -0.3 is 5.11 Å². The number of hydrogen-bond acceptors (Lipinski definition) is 5. The van der Waals surface area contributed by atoms with Crippen LogP contribution in [0, 0.1) is 6.92 Å². The third-order valence-electron chi connectivity index (χ3n) is 4.31. The molecular formula is C21H15N3O3S. The summed E-state index contributed by atoms with van der Waals surface area (Å²) in [4.78, 5) is 33.9. The molecule has 0 saturated heterocycles. The zero-order valence-corrected chi connectivity index (χ0v) is 15.7. The van der Waals surface area contributed by atoms with Crippen molar-refractivity contribution in [1.82, 2.24) is 14.4 Å². The van der Waals surface area contributed by atoms with Crippen LogP contribution in [0.25, 0.3) is 28.4 Å². The maximum Gasteiger partial charge on any atom is 0.348 e. The SMILES string of the molecule is Cc1c(/C=C/c2cccnc2)nc2sc(C(=O)O)c(-c3ccccc3)n2c1=O. The van der Waals surface area contributed by atoms with Crippen LogP contribution in [0.1, 0.15) is 26.5 Å². The lowest BCUT2D eigenvalue weighted by Crippen LogP contribution is -2.19. The zero-order chi connectivity index (χ0) is 19.7. The van der Waals surface area contributed by atoms with Gasteiger partial charge in [0.05, 0.1) is 11.4 Å². The molecule has 138 valence electrons. The van der Waals surface area contributed by atoms with E-state index in [9.17, 15) is 14.7 Å². The Labute approximate surface area is 164 Å². The smallest absolute Gasteiger partial charge is 0.348 e. The van der Waals surface area contributed by atoms with Crippen molar-refractivity contribution in [2.24, 2.45) is 0 Å². The van der Waals surface area contributed by atoms with Crippen LogP contribution in [0.4, 0.5) is 0 Å². The van der Waals surface area contributed by atoms with E-state index in [1.807, 2.05) is 24.3 Å². The first-order valence-corrected chi connectivity index (χ1v) is 9.31. The summed E-state index contributed by atoms with van der Waals surface area (Å²) >= 11 is 0.992. The summed E-state index contributed by atoms with van der Waals surface area (Å²) in [6.45, 7) is 1.69. The van der Waals surface area contributed by atoms with Gasteiger partial charge in [0.15, 0.2) is 4.96 Å². The van der Waals surface area contributed by atoms with Gasteiger partial charge in [-0.1, -0.05) is 53.8 Å². The molecule has 0 spiro atoms. The summed E-state index contributed by atoms with van der Waals surface area (Å²) in [6.07, 6.45) is 6.96. The van der Waals surface area contributed by atoms with Crippen molar-refractivity contribution in [1.29, 1.82) is 0 Å². The van der Waals surface area contributed by atoms with Crippen molar-refractivity contribution in [3.05, 3.63) is 86.9 Å². The average molecular weight is 389 g/mol. The Morgan fingerprint density at radius 1 is 1.14 bits per heavy atom. The number of carbonyl (C=O) groups is 1. The summed E-state index contributed by atoms with van der Waals surface area (Å²) in [7, 11) is 0. The lowest BCUT2D eigenvalue weighted by atomic mass is 10.1. The molecular weight excluding hydrogens is 374 g/mol. The van der Waals surface area contributed by atoms with Crippen LogP contribution in [0.5, 0.6) is 0 Å². The molecule has 0 atom stereocenters. The largest absolute Gasteiger partial charge is 0.477 e. The van der Waals surface area contributed by atoms with Gasteiger partial charge in [0.25, 0.3) is 5.56 Å². The van der Waals surface area contributed by atoms with E-state index in [1.165, 1.54) is 4.40 Å². The Morgan fingerprint density at radius 2 is 1.93 bits per heavy atom. The highest BCUT2D eigenvalue weighted by Gasteiger charge is 2.22. The molecule has 0 fully saturated rings. The van der Waals surface area contributed by atoms with E-state index < -0.39 is 5.97 Å². The molecule has 0 bridgehead atoms. The van der Waals surface area contributed by atoms with Gasteiger partial charge >= 0.3 is 5.97 Å². The fraction of sp³-hybridized carbons (Fsp3) is 0.0476. The zero-order valence-electron chi connectivity index (χ0n) is 14.9. The van der Waals surface area contributed by atoms with E-state index >= 15 is 0 Å². The number of carboxylic acids is 1. The predicted octanol–water partition coefficient (Wildman–Crippen LogP) is 4.00. The summed E-state index contributed by atoms with van der Waals surface area (Å²) in [5.41, 5.74) is 2.57. The van der Waals surface area contributed by atoms with Crippen LogP contribution in [0.3, 0.4) is 0 Å². The van der Waals surface area contributed by atoms with Crippen LogP contribution in [-0.2, 0) is 0 Å². The maximum atomic E-state index is 13.1. The molecule has 0 aliphatic rings. The highest BCUT2D eigenvalue weighted by molar-refractivity contribution is 7.19. The third-order valence-corrected chi connectivity index (χ3v) is 5.34. The fourth-order valence-electron chi connectivity index (χ4n) is 2.92. The van der Waals surface area contributed by atoms with Crippen LogP contribution in [-0.4, -0.2) is 25.4 Å². The molecule has 0 radical (unpaired) electrons. The number of hydrogen-bond donors (Lipinski definition) is 1. The second-order valence-electron chi connectivity index (χ2n) is 6.12. The number of fused-ring (bicyclic) bond motifs is 1. The number of nitrogens with zero attached hydrogens (tertiary/aromatic N) is 3. The van der Waals surface area contributed by atoms with E-state index in [4.69, 9.17) is 0 Å². The Bertz CT molecular complexity index is 1260. The van der Waals surface area contributed by atoms with Gasteiger partial charge in [-0.3, -0.25) is 9.78 Å². The van der Waals surface area contributed by atoms with E-state index in [2.05, 4.69) is 9.97 Å². The standard InChI is InChI=1S/C21H15N3O3S/c1-13-16(10-9-14-6-5-11-22-12-14)23-21-24(19(13)25)17(18(28-21)20(26)27)15-7-3-2-4-8-15/h2-12H,1H3,(H,26,27)/b10-9+. The molecule has 0 unspecified atom stereocenters. The maximum absolute atomic E-state index is 13.1. The molecule has 0 amide bonds. The van der Waals surface area contributed by atoms with Crippen molar-refractivity contribution in [3.8, 4) is 11.3 Å². The Balaban J connectivity index is 1.94. The Kier molecular flexibility index (Phi) is 4.58. The van der Waals surface area contributed by atoms with Crippen molar-refractivity contribution in [2.75, 3.05) is 0 Å². The number of thiazole rings is 1. The molecule has 3 heterocycles. The van der Waals surface area contributed by atoms with Crippen molar-refractivity contribution >= 4 is 34.4 Å². The summed E-state index contributed by atoms with van der Waals surface area (Å²) in [6, 6.07) is 12.7. The summed E-state index contributed by atoms with van der Waals surface area (Å²) in [5, 5.41) is 9.66. The van der Waals surface area contributed by atoms with Crippen LogP contribution >= 0.6 is 11.3 Å². The van der Waals surface area contributed by atoms with Crippen molar-refractivity contribution in [2.45, 2.75) is 6.92 Å². The van der Waals surface area contributed by atoms with Crippen molar-refractivity contribution < 1.29 is 9.90 Å². The normalized spacial score (nSPS) is 11.3. The molecule has 1 aromatic carbocycles. The molecule has 4 aromatic rings. The summed E-state index contributed by atoms with van der Waals surface area (Å²) < 4.78 is 1.39. The molecule has 0 saturated carbocycles. The number of pyridine rings is 1. The minimum Gasteiger partial charge on any atom is -0.477 e. The highest BCUT2D eigenvalue weighted by Crippen LogP contribution is 2.30. The number of aromatic carboxylic acids is 1. The van der Waals surface area contributed by atoms with Crippen molar-refractivity contribution in [3.63, 3.8) is 0 Å². The Morgan fingerprint density at radius 3 is 2.61 bits per heavy atom. The van der Waals surface area contributed by atoms with Crippen LogP contribution in [0.15, 0.2) is 59.7 Å². The van der Waals surface area contributed by atoms with Crippen LogP contribution < -0.4 is 5.56 Å². The van der Waals surface area contributed by atoms with Gasteiger partial charge in [-0.05, 0) is 24.6 Å². The first-order valence-electron chi connectivity index (χ1n) is 8.49. The number of carboxylic acid groups (broad SMARTS) is 1. The second kappa shape index (κ2) is 7.21. The first kappa shape index (κ1) is 17.8. The van der Waals surface area contributed by atoms with Gasteiger partial charge in [0, 0.05) is 23.5 Å². The predicted molar refractivity (Wildman–Crippen MR) is 110 cm³/mol. The quantitative estimate of drug-likeness (QED) is 0.570. The molecule has 3 aromatic heterocycles. The van der Waals surface area contributed by atoms with Gasteiger partial charge in [0.1, 0.15) is 4.88 Å². The number of aromatic nitrogens is 3. The Hall–Kier alpha value is -3.58. The third kappa shape index (κ3) is 3.12.